The number of methoxy groups -OCH3 is 4. The zero-order valence-electron chi connectivity index (χ0n) is 13.3. The average molecular weight is 347 g/mol. The highest BCUT2D eigenvalue weighted by molar-refractivity contribution is 7.89. The number of hydrogen-bond donors (Lipinski definition) is 0. The zero-order chi connectivity index (χ0) is 17.8. The van der Waals surface area contributed by atoms with Gasteiger partial charge in [0.25, 0.3) is 10.0 Å². The van der Waals surface area contributed by atoms with Gasteiger partial charge in [-0.2, -0.15) is 0 Å². The molecule has 1 amide bonds. The van der Waals surface area contributed by atoms with Crippen molar-refractivity contribution in [1.29, 1.82) is 0 Å². The lowest BCUT2D eigenvalue weighted by Crippen LogP contribution is -2.34. The number of ether oxygens (including phenoxy) is 4. The Morgan fingerprint density at radius 3 is 1.91 bits per heavy atom. The van der Waals surface area contributed by atoms with Crippen LogP contribution in [0.5, 0.6) is 11.5 Å². The van der Waals surface area contributed by atoms with Gasteiger partial charge in [-0.3, -0.25) is 0 Å². The fourth-order valence-electron chi connectivity index (χ4n) is 1.72. The van der Waals surface area contributed by atoms with Gasteiger partial charge in [0.15, 0.2) is 11.5 Å². The van der Waals surface area contributed by atoms with Gasteiger partial charge in [0.05, 0.1) is 34.0 Å². The van der Waals surface area contributed by atoms with E-state index in [2.05, 4.69) is 9.47 Å². The van der Waals surface area contributed by atoms with Crippen LogP contribution in [0.25, 0.3) is 0 Å². The number of esters is 1. The van der Waals surface area contributed by atoms with Crippen molar-refractivity contribution in [3.63, 3.8) is 0 Å². The van der Waals surface area contributed by atoms with Crippen LogP contribution in [0.3, 0.4) is 0 Å². The second-order valence-electron chi connectivity index (χ2n) is 4.14. The molecule has 1 aromatic rings. The fourth-order valence-corrected chi connectivity index (χ4v) is 2.96. The summed E-state index contributed by atoms with van der Waals surface area (Å²) < 4.78 is 44.5. The molecule has 0 aliphatic rings. The Morgan fingerprint density at radius 1 is 0.957 bits per heavy atom. The number of benzene rings is 1. The molecule has 0 saturated carbocycles. The van der Waals surface area contributed by atoms with Crippen molar-refractivity contribution in [2.24, 2.45) is 0 Å². The second kappa shape index (κ2) is 7.18. The van der Waals surface area contributed by atoms with Gasteiger partial charge in [-0.05, 0) is 6.07 Å². The van der Waals surface area contributed by atoms with Crippen LogP contribution in [0.2, 0.25) is 0 Å². The predicted molar refractivity (Wildman–Crippen MR) is 78.2 cm³/mol. The maximum Gasteiger partial charge on any atom is 0.423 e. The molecule has 0 aliphatic carbocycles. The highest BCUT2D eigenvalue weighted by atomic mass is 32.2. The molecule has 1 aromatic carbocycles. The minimum atomic E-state index is -4.37. The van der Waals surface area contributed by atoms with Gasteiger partial charge in [0.1, 0.15) is 4.90 Å². The lowest BCUT2D eigenvalue weighted by molar-refractivity contribution is 0.0595. The first-order valence-electron chi connectivity index (χ1n) is 6.15. The predicted octanol–water partition coefficient (Wildman–Crippen LogP) is 0.877. The van der Waals surface area contributed by atoms with E-state index in [1.807, 2.05) is 0 Å². The minimum Gasteiger partial charge on any atom is -0.493 e. The second-order valence-corrected chi connectivity index (χ2v) is 6.08. The molecule has 0 heterocycles. The topological polar surface area (TPSA) is 108 Å². The van der Waals surface area contributed by atoms with E-state index < -0.39 is 27.0 Å². The Balaban J connectivity index is 3.67. The molecule has 9 nitrogen and oxygen atoms in total. The smallest absolute Gasteiger partial charge is 0.423 e. The summed E-state index contributed by atoms with van der Waals surface area (Å²) in [6.07, 6.45) is -1.12. The minimum absolute atomic E-state index is 0.0667. The maximum atomic E-state index is 12.6. The van der Waals surface area contributed by atoms with E-state index in [1.165, 1.54) is 14.2 Å². The largest absolute Gasteiger partial charge is 0.493 e. The number of rotatable bonds is 5. The number of hydrogen-bond acceptors (Lipinski definition) is 8. The zero-order valence-corrected chi connectivity index (χ0v) is 14.1. The Kier molecular flexibility index (Phi) is 5.79. The van der Waals surface area contributed by atoms with Gasteiger partial charge >= 0.3 is 12.1 Å². The van der Waals surface area contributed by atoms with Gasteiger partial charge in [-0.1, -0.05) is 0 Å². The van der Waals surface area contributed by atoms with Crippen LogP contribution in [0.1, 0.15) is 10.4 Å². The number of carbonyl (C=O) groups is 2. The van der Waals surface area contributed by atoms with Crippen molar-refractivity contribution in [3.8, 4) is 11.5 Å². The number of carbonyl (C=O) groups excluding carboxylic acids is 2. The lowest BCUT2D eigenvalue weighted by Gasteiger charge is -2.19. The summed E-state index contributed by atoms with van der Waals surface area (Å²) >= 11 is 0. The van der Waals surface area contributed by atoms with Crippen molar-refractivity contribution in [3.05, 3.63) is 17.7 Å². The quantitative estimate of drug-likeness (QED) is 0.722. The number of nitrogens with zero attached hydrogens (tertiary/aromatic N) is 1. The molecule has 10 heteroatoms. The third-order valence-corrected chi connectivity index (χ3v) is 4.72. The molecule has 0 aliphatic heterocycles. The van der Waals surface area contributed by atoms with Crippen LogP contribution in [-0.2, 0) is 19.5 Å². The summed E-state index contributed by atoms with van der Waals surface area (Å²) in [6.45, 7) is 0. The summed E-state index contributed by atoms with van der Waals surface area (Å²) in [5.41, 5.74) is -0.305. The van der Waals surface area contributed by atoms with Gasteiger partial charge < -0.3 is 18.9 Å². The summed E-state index contributed by atoms with van der Waals surface area (Å²) in [5, 5.41) is 0. The van der Waals surface area contributed by atoms with E-state index in [0.717, 1.165) is 33.4 Å². The summed E-state index contributed by atoms with van der Waals surface area (Å²) in [5.74, 6) is -0.715. The van der Waals surface area contributed by atoms with Crippen molar-refractivity contribution in [2.75, 3.05) is 35.5 Å². The Morgan fingerprint density at radius 2 is 1.48 bits per heavy atom. The standard InChI is InChI=1S/C13H17NO8S/c1-14(13(16)22-5)23(17,18)11-7-10(20-3)9(19-2)6-8(11)12(15)21-4/h6-7H,1-5H3. The molecule has 0 N–H and O–H groups in total. The molecule has 0 bridgehead atoms. The molecular formula is C13H17NO8S. The van der Waals surface area contributed by atoms with Gasteiger partial charge in [0.2, 0.25) is 0 Å². The Hall–Kier alpha value is -2.49. The van der Waals surface area contributed by atoms with E-state index in [-0.39, 0.29) is 17.1 Å². The third-order valence-electron chi connectivity index (χ3n) is 2.96. The highest BCUT2D eigenvalue weighted by Crippen LogP contribution is 2.34. The van der Waals surface area contributed by atoms with Crippen LogP contribution < -0.4 is 9.47 Å². The highest BCUT2D eigenvalue weighted by Gasteiger charge is 2.32. The number of amides is 1. The van der Waals surface area contributed by atoms with E-state index in [0.29, 0.717) is 4.31 Å². The van der Waals surface area contributed by atoms with E-state index in [1.54, 1.807) is 0 Å². The van der Waals surface area contributed by atoms with E-state index >= 15 is 0 Å². The van der Waals surface area contributed by atoms with Crippen molar-refractivity contribution >= 4 is 22.1 Å². The molecule has 0 saturated heterocycles. The first kappa shape index (κ1) is 18.6. The van der Waals surface area contributed by atoms with Crippen molar-refractivity contribution < 1.29 is 37.0 Å². The van der Waals surface area contributed by atoms with Crippen LogP contribution in [0.4, 0.5) is 4.79 Å². The maximum absolute atomic E-state index is 12.6. The molecule has 0 spiro atoms. The van der Waals surface area contributed by atoms with Crippen LogP contribution in [0, 0.1) is 0 Å². The summed E-state index contributed by atoms with van der Waals surface area (Å²) in [7, 11) is 1.39. The lowest BCUT2D eigenvalue weighted by atomic mass is 10.2. The van der Waals surface area contributed by atoms with Crippen molar-refractivity contribution in [2.45, 2.75) is 4.90 Å². The molecular weight excluding hydrogens is 330 g/mol. The molecule has 0 unspecified atom stereocenters. The van der Waals surface area contributed by atoms with Crippen LogP contribution in [-0.4, -0.2) is 60.3 Å². The van der Waals surface area contributed by atoms with Gasteiger partial charge in [0, 0.05) is 13.1 Å². The molecule has 1 rings (SSSR count). The molecule has 0 radical (unpaired) electrons. The molecule has 23 heavy (non-hydrogen) atoms. The van der Waals surface area contributed by atoms with Crippen molar-refractivity contribution in [1.82, 2.24) is 4.31 Å². The van der Waals surface area contributed by atoms with E-state index in [4.69, 9.17) is 9.47 Å². The molecule has 0 aromatic heterocycles. The third kappa shape index (κ3) is 3.47. The Labute approximate surface area is 133 Å². The van der Waals surface area contributed by atoms with Gasteiger partial charge in [-0.25, -0.2) is 22.3 Å². The van der Waals surface area contributed by atoms with E-state index in [9.17, 15) is 18.0 Å². The SMILES string of the molecule is COC(=O)c1cc(OC)c(OC)cc1S(=O)(=O)N(C)C(=O)OC. The van der Waals surface area contributed by atoms with Crippen LogP contribution >= 0.6 is 0 Å². The first-order valence-corrected chi connectivity index (χ1v) is 7.59. The number of sulfonamides is 1. The monoisotopic (exact) mass is 347 g/mol. The summed E-state index contributed by atoms with van der Waals surface area (Å²) in [4.78, 5) is 22.9. The van der Waals surface area contributed by atoms with Gasteiger partial charge in [-0.15, -0.1) is 0 Å². The normalized spacial score (nSPS) is 10.7. The molecule has 0 atom stereocenters. The van der Waals surface area contributed by atoms with Crippen LogP contribution in [0.15, 0.2) is 17.0 Å². The summed E-state index contributed by atoms with van der Waals surface area (Å²) in [6, 6.07) is 2.22. The Bertz CT molecular complexity index is 713. The fraction of sp³-hybridized carbons (Fsp3) is 0.385. The molecule has 128 valence electrons. The molecule has 0 fully saturated rings. The first-order chi connectivity index (χ1) is 10.7. The average Bonchev–Trinajstić information content (AvgIpc) is 2.57.